The molecular weight excluding hydrogens is 565 g/mol. The molecule has 2 saturated heterocycles. The molecule has 0 radical (unpaired) electrons. The van der Waals surface area contributed by atoms with Crippen LogP contribution in [-0.2, 0) is 29.3 Å². The van der Waals surface area contributed by atoms with Crippen LogP contribution >= 0.6 is 0 Å². The molecule has 3 aliphatic heterocycles. The molecule has 1 N–H and O–H groups in total. The molecule has 0 spiro atoms. The molecule has 0 saturated carbocycles. The quantitative estimate of drug-likeness (QED) is 0.308. The number of piperidine rings is 1. The van der Waals surface area contributed by atoms with Crippen LogP contribution in [0.25, 0.3) is 4.85 Å². The van der Waals surface area contributed by atoms with Crippen molar-refractivity contribution in [2.75, 3.05) is 38.1 Å². The Hall–Kier alpha value is -4.95. The molecule has 11 heteroatoms. The van der Waals surface area contributed by atoms with Crippen molar-refractivity contribution in [2.24, 2.45) is 0 Å². The Bertz CT molecular complexity index is 1770. The zero-order valence-electron chi connectivity index (χ0n) is 26.8. The fraction of sp³-hybridized carbons (Fsp3) is 0.333. The average molecular weight is 601 g/mol. The maximum Gasteiger partial charge on any atom is 0.255 e. The highest BCUT2D eigenvalue weighted by Gasteiger charge is 2.40. The Labute approximate surface area is 259 Å². The average Bonchev–Trinajstić information content (AvgIpc) is 3.36. The van der Waals surface area contributed by atoms with E-state index in [1.54, 1.807) is 36.4 Å². The summed E-state index contributed by atoms with van der Waals surface area (Å²) < 4.78 is 48.9. The summed E-state index contributed by atoms with van der Waals surface area (Å²) in [7, 11) is -2.64. The largest absolute Gasteiger partial charge is 0.496 e. The molecule has 3 heterocycles. The minimum atomic E-state index is -2.64. The highest BCUT2D eigenvalue weighted by atomic mass is 19.1. The van der Waals surface area contributed by atoms with E-state index in [0.29, 0.717) is 66.5 Å². The van der Waals surface area contributed by atoms with Crippen LogP contribution in [0.2, 0.25) is 0 Å². The fourth-order valence-electron chi connectivity index (χ4n) is 5.97. The van der Waals surface area contributed by atoms with E-state index in [2.05, 4.69) is 15.1 Å². The second-order valence-corrected chi connectivity index (χ2v) is 11.0. The van der Waals surface area contributed by atoms with Gasteiger partial charge in [0.15, 0.2) is 5.69 Å². The van der Waals surface area contributed by atoms with Crippen molar-refractivity contribution in [1.82, 2.24) is 15.1 Å². The van der Waals surface area contributed by atoms with Gasteiger partial charge in [0, 0.05) is 55.8 Å². The summed E-state index contributed by atoms with van der Waals surface area (Å²) in [5.41, 5.74) is 3.09. The van der Waals surface area contributed by atoms with Gasteiger partial charge in [-0.05, 0) is 42.3 Å². The minimum absolute atomic E-state index is 0.0548. The van der Waals surface area contributed by atoms with E-state index in [4.69, 9.17) is 20.2 Å². The van der Waals surface area contributed by atoms with Crippen LogP contribution in [0, 0.1) is 12.4 Å². The van der Waals surface area contributed by atoms with Gasteiger partial charge in [-0.2, -0.15) is 0 Å². The molecule has 226 valence electrons. The van der Waals surface area contributed by atoms with Gasteiger partial charge in [-0.1, -0.05) is 24.3 Å². The lowest BCUT2D eigenvalue weighted by molar-refractivity contribution is -0.136. The summed E-state index contributed by atoms with van der Waals surface area (Å²) in [6, 6.07) is 14.1. The third kappa shape index (κ3) is 5.81. The maximum absolute atomic E-state index is 15.2. The first-order valence-corrected chi connectivity index (χ1v) is 14.3. The molecule has 6 rings (SSSR count). The second-order valence-electron chi connectivity index (χ2n) is 11.0. The number of carbonyl (C=O) groups excluding carboxylic acids is 3. The molecule has 3 aliphatic rings. The van der Waals surface area contributed by atoms with Crippen molar-refractivity contribution in [1.29, 1.82) is 0 Å². The number of carbonyl (C=O) groups is 3. The summed E-state index contributed by atoms with van der Waals surface area (Å²) in [6.07, 6.45) is 0.421. The molecule has 0 unspecified atom stereocenters. The molecule has 3 amide bonds. The van der Waals surface area contributed by atoms with E-state index in [1.807, 2.05) is 11.0 Å². The van der Waals surface area contributed by atoms with Gasteiger partial charge >= 0.3 is 0 Å². The number of hydrogen-bond acceptors (Lipinski definition) is 7. The number of piperazine rings is 1. The lowest BCUT2D eigenvalue weighted by atomic mass is 10.0. The Balaban J connectivity index is 1.05. The molecule has 2 fully saturated rings. The van der Waals surface area contributed by atoms with Crippen LogP contribution in [-0.4, -0.2) is 66.8 Å². The summed E-state index contributed by atoms with van der Waals surface area (Å²) in [6.45, 7) is 10.3. The summed E-state index contributed by atoms with van der Waals surface area (Å²) >= 11 is 0. The summed E-state index contributed by atoms with van der Waals surface area (Å²) in [4.78, 5) is 46.1. The van der Waals surface area contributed by atoms with Crippen molar-refractivity contribution in [3.63, 3.8) is 0 Å². The van der Waals surface area contributed by atoms with Gasteiger partial charge in [-0.25, -0.2) is 9.24 Å². The number of anilines is 1. The molecule has 3 aromatic rings. The number of methoxy groups -OCH3 is 1. The van der Waals surface area contributed by atoms with Crippen LogP contribution in [0.15, 0.2) is 54.6 Å². The van der Waals surface area contributed by atoms with Gasteiger partial charge < -0.3 is 19.3 Å². The van der Waals surface area contributed by atoms with E-state index in [1.165, 1.54) is 17.0 Å². The molecular formula is C33H32FN5O5. The summed E-state index contributed by atoms with van der Waals surface area (Å²) in [5, 5.41) is 2.29. The lowest BCUT2D eigenvalue weighted by Crippen LogP contribution is -2.52. The van der Waals surface area contributed by atoms with Gasteiger partial charge in [-0.15, -0.1) is 0 Å². The normalized spacial score (nSPS) is 19.9. The summed E-state index contributed by atoms with van der Waals surface area (Å²) in [5.74, 6) is -0.987. The number of halogens is 1. The van der Waals surface area contributed by atoms with Gasteiger partial charge in [-0.3, -0.25) is 24.6 Å². The Morgan fingerprint density at radius 1 is 1.07 bits per heavy atom. The predicted octanol–water partition coefficient (Wildman–Crippen LogP) is 4.05. The zero-order valence-corrected chi connectivity index (χ0v) is 23.8. The topological polar surface area (TPSA) is 95.8 Å². The van der Waals surface area contributed by atoms with Crippen LogP contribution < -0.4 is 19.7 Å². The van der Waals surface area contributed by atoms with Gasteiger partial charge in [0.1, 0.15) is 30.0 Å². The van der Waals surface area contributed by atoms with E-state index in [9.17, 15) is 14.4 Å². The first-order valence-electron chi connectivity index (χ1n) is 15.8. The van der Waals surface area contributed by atoms with Crippen molar-refractivity contribution in [2.45, 2.75) is 38.6 Å². The number of ether oxygens (including phenoxy) is 2. The third-order valence-electron chi connectivity index (χ3n) is 8.34. The first kappa shape index (κ1) is 25.5. The highest BCUT2D eigenvalue weighted by Crippen LogP contribution is 2.35. The number of fused-ring (bicyclic) bond motifs is 1. The van der Waals surface area contributed by atoms with Crippen LogP contribution in [0.3, 0.4) is 0 Å². The number of rotatable bonds is 8. The maximum atomic E-state index is 15.2. The van der Waals surface area contributed by atoms with Crippen LogP contribution in [0.1, 0.15) is 44.0 Å². The number of imide groups is 1. The first-order chi connectivity index (χ1) is 22.5. The SMILES string of the molecule is [2H]C([2H])([2H])Oc1cc([N+]#[C-])ccc1N1CCN(Cc2ccc(COc3cccc4c3CN([C@H]3CCC(=O)NC3=O)C4=O)c(F)c2)CC1. The molecule has 3 aromatic carbocycles. The van der Waals surface area contributed by atoms with Gasteiger partial charge in [0.2, 0.25) is 11.8 Å². The Morgan fingerprint density at radius 2 is 1.91 bits per heavy atom. The number of hydrogen-bond donors (Lipinski definition) is 1. The van der Waals surface area contributed by atoms with Gasteiger partial charge in [0.25, 0.3) is 5.91 Å². The number of nitrogens with zero attached hydrogens (tertiary/aromatic N) is 4. The van der Waals surface area contributed by atoms with E-state index < -0.39 is 24.8 Å². The molecule has 1 atom stereocenters. The number of benzene rings is 3. The minimum Gasteiger partial charge on any atom is -0.496 e. The highest BCUT2D eigenvalue weighted by molar-refractivity contribution is 6.05. The molecule has 10 nitrogen and oxygen atoms in total. The Kier molecular flexibility index (Phi) is 7.16. The monoisotopic (exact) mass is 600 g/mol. The number of nitrogens with one attached hydrogen (secondary N) is 1. The van der Waals surface area contributed by atoms with Crippen molar-refractivity contribution in [3.8, 4) is 11.5 Å². The van der Waals surface area contributed by atoms with Crippen molar-refractivity contribution in [3.05, 3.63) is 94.1 Å². The lowest BCUT2D eigenvalue weighted by Gasteiger charge is -2.36. The third-order valence-corrected chi connectivity index (χ3v) is 8.34. The van der Waals surface area contributed by atoms with E-state index >= 15 is 4.39 Å². The van der Waals surface area contributed by atoms with Crippen LogP contribution in [0.5, 0.6) is 11.5 Å². The van der Waals surface area contributed by atoms with E-state index in [-0.39, 0.29) is 43.6 Å². The van der Waals surface area contributed by atoms with Crippen LogP contribution in [0.4, 0.5) is 15.8 Å². The molecule has 0 aromatic heterocycles. The predicted molar refractivity (Wildman–Crippen MR) is 160 cm³/mol. The Morgan fingerprint density at radius 3 is 2.66 bits per heavy atom. The fourth-order valence-corrected chi connectivity index (χ4v) is 5.97. The second kappa shape index (κ2) is 12.3. The van der Waals surface area contributed by atoms with E-state index in [0.717, 1.165) is 5.56 Å². The van der Waals surface area contributed by atoms with Crippen molar-refractivity contribution < 1.29 is 32.4 Å². The molecule has 44 heavy (non-hydrogen) atoms. The standard InChI is InChI=1S/C33H32FN5O5/c1-35-23-8-9-27(30(17-23)43-2)38-14-12-37(13-15-38)18-21-6-7-22(26(34)16-21)20-44-29-5-3-4-24-25(29)19-39(33(24)42)28-10-11-31(40)36-32(28)41/h3-9,16-17,28H,10-15,18-20H2,2H3,(H,36,40,41)/t28-/m0/s1/i2D3. The van der Waals surface area contributed by atoms with Gasteiger partial charge in [0.05, 0.1) is 30.0 Å². The zero-order chi connectivity index (χ0) is 33.3. The van der Waals surface area contributed by atoms with Crippen molar-refractivity contribution >= 4 is 29.1 Å². The molecule has 0 aliphatic carbocycles. The molecule has 0 bridgehead atoms. The number of amides is 3. The smallest absolute Gasteiger partial charge is 0.255 e.